The summed E-state index contributed by atoms with van der Waals surface area (Å²) in [4.78, 5) is 25.0. The highest BCUT2D eigenvalue weighted by Crippen LogP contribution is 2.50. The van der Waals surface area contributed by atoms with Crippen molar-refractivity contribution in [3.05, 3.63) is 28.8 Å². The SMILES string of the molecule is COC(=O)[C@@]12Oc3cc(C)cc(O)c3C(OC)=C1C(=O)CC[C@H]2O. The Morgan fingerprint density at radius 3 is 2.71 bits per heavy atom. The maximum absolute atomic E-state index is 12.5. The third kappa shape index (κ3) is 2.01. The van der Waals surface area contributed by atoms with E-state index in [0.717, 1.165) is 7.11 Å². The van der Waals surface area contributed by atoms with Crippen molar-refractivity contribution >= 4 is 17.5 Å². The van der Waals surface area contributed by atoms with E-state index >= 15 is 0 Å². The number of phenolic OH excluding ortho intramolecular Hbond substituents is 1. The highest BCUT2D eigenvalue weighted by molar-refractivity contribution is 6.12. The number of esters is 1. The van der Waals surface area contributed by atoms with E-state index in [1.165, 1.54) is 13.2 Å². The van der Waals surface area contributed by atoms with Gasteiger partial charge in [-0.3, -0.25) is 4.79 Å². The number of phenols is 1. The predicted octanol–water partition coefficient (Wildman–Crippen LogP) is 1.09. The number of hydrogen-bond donors (Lipinski definition) is 2. The molecule has 1 aromatic carbocycles. The number of hydrogen-bond acceptors (Lipinski definition) is 7. The molecule has 1 aromatic rings. The molecule has 1 aliphatic carbocycles. The summed E-state index contributed by atoms with van der Waals surface area (Å²) in [6.45, 7) is 1.74. The number of fused-ring (bicyclic) bond motifs is 2. The number of aryl methyl sites for hydroxylation is 1. The van der Waals surface area contributed by atoms with Crippen LogP contribution < -0.4 is 4.74 Å². The second kappa shape index (κ2) is 5.52. The van der Waals surface area contributed by atoms with Crippen LogP contribution in [0.15, 0.2) is 17.7 Å². The van der Waals surface area contributed by atoms with Crippen LogP contribution in [0.3, 0.4) is 0 Å². The first-order valence-electron chi connectivity index (χ1n) is 7.48. The van der Waals surface area contributed by atoms with Crippen molar-refractivity contribution in [3.63, 3.8) is 0 Å². The van der Waals surface area contributed by atoms with E-state index in [9.17, 15) is 19.8 Å². The van der Waals surface area contributed by atoms with Gasteiger partial charge in [0.05, 0.1) is 19.8 Å². The maximum Gasteiger partial charge on any atom is 0.358 e. The molecule has 7 heteroatoms. The third-order valence-corrected chi connectivity index (χ3v) is 4.41. The van der Waals surface area contributed by atoms with Gasteiger partial charge in [0.25, 0.3) is 5.60 Å². The van der Waals surface area contributed by atoms with Gasteiger partial charge in [0.2, 0.25) is 0 Å². The Balaban J connectivity index is 2.39. The second-order valence-electron chi connectivity index (χ2n) is 5.87. The van der Waals surface area contributed by atoms with Crippen LogP contribution in [-0.2, 0) is 19.1 Å². The summed E-state index contributed by atoms with van der Waals surface area (Å²) in [6.07, 6.45) is -1.19. The number of Topliss-reactive ketones (excluding diaryl/α,β-unsaturated/α-hetero) is 1. The van der Waals surface area contributed by atoms with Crippen molar-refractivity contribution in [3.8, 4) is 11.5 Å². The monoisotopic (exact) mass is 334 g/mol. The molecular weight excluding hydrogens is 316 g/mol. The molecule has 2 N–H and O–H groups in total. The molecule has 0 bridgehead atoms. The normalized spacial score (nSPS) is 25.5. The Hall–Kier alpha value is -2.54. The van der Waals surface area contributed by atoms with Crippen molar-refractivity contribution < 1.29 is 34.0 Å². The molecule has 1 saturated carbocycles. The van der Waals surface area contributed by atoms with Crippen LogP contribution in [0.4, 0.5) is 0 Å². The molecule has 0 saturated heterocycles. The lowest BCUT2D eigenvalue weighted by atomic mass is 9.73. The molecule has 1 aliphatic heterocycles. The summed E-state index contributed by atoms with van der Waals surface area (Å²) in [7, 11) is 2.48. The van der Waals surface area contributed by atoms with E-state index in [1.54, 1.807) is 13.0 Å². The zero-order valence-electron chi connectivity index (χ0n) is 13.6. The lowest BCUT2D eigenvalue weighted by Gasteiger charge is -2.43. The first kappa shape index (κ1) is 16.3. The number of benzene rings is 1. The van der Waals surface area contributed by atoms with E-state index in [1.807, 2.05) is 0 Å². The molecular formula is C17H18O7. The Labute approximate surface area is 138 Å². The minimum atomic E-state index is -2.00. The van der Waals surface area contributed by atoms with Crippen LogP contribution in [0.1, 0.15) is 24.0 Å². The fourth-order valence-electron chi connectivity index (χ4n) is 3.36. The number of aromatic hydroxyl groups is 1. The summed E-state index contributed by atoms with van der Waals surface area (Å²) in [5.41, 5.74) is -1.26. The van der Waals surface area contributed by atoms with Crippen LogP contribution >= 0.6 is 0 Å². The van der Waals surface area contributed by atoms with Crippen LogP contribution in [0.5, 0.6) is 11.5 Å². The highest BCUT2D eigenvalue weighted by Gasteiger charge is 2.61. The molecule has 7 nitrogen and oxygen atoms in total. The Morgan fingerprint density at radius 2 is 2.08 bits per heavy atom. The van der Waals surface area contributed by atoms with Gasteiger partial charge >= 0.3 is 5.97 Å². The molecule has 0 amide bonds. The van der Waals surface area contributed by atoms with E-state index in [0.29, 0.717) is 5.56 Å². The zero-order valence-corrected chi connectivity index (χ0v) is 13.6. The summed E-state index contributed by atoms with van der Waals surface area (Å²) in [6, 6.07) is 3.10. The van der Waals surface area contributed by atoms with Crippen LogP contribution in [-0.4, -0.2) is 47.9 Å². The molecule has 1 heterocycles. The van der Waals surface area contributed by atoms with Crippen molar-refractivity contribution in [1.29, 1.82) is 0 Å². The maximum atomic E-state index is 12.5. The lowest BCUT2D eigenvalue weighted by Crippen LogP contribution is -2.61. The number of carbonyl (C=O) groups excluding carboxylic acids is 2. The van der Waals surface area contributed by atoms with Gasteiger partial charge in [0, 0.05) is 6.42 Å². The van der Waals surface area contributed by atoms with E-state index in [-0.39, 0.29) is 41.2 Å². The van der Waals surface area contributed by atoms with Gasteiger partial charge in [-0.05, 0) is 31.0 Å². The van der Waals surface area contributed by atoms with E-state index < -0.39 is 23.5 Å². The van der Waals surface area contributed by atoms with Crippen LogP contribution in [0.2, 0.25) is 0 Å². The molecule has 24 heavy (non-hydrogen) atoms. The summed E-state index contributed by atoms with van der Waals surface area (Å²) < 4.78 is 16.0. The average Bonchev–Trinajstić information content (AvgIpc) is 2.55. The van der Waals surface area contributed by atoms with Crippen LogP contribution in [0.25, 0.3) is 5.76 Å². The van der Waals surface area contributed by atoms with Crippen LogP contribution in [0, 0.1) is 6.92 Å². The van der Waals surface area contributed by atoms with Gasteiger partial charge in [0.15, 0.2) is 5.78 Å². The lowest BCUT2D eigenvalue weighted by molar-refractivity contribution is -0.169. The van der Waals surface area contributed by atoms with Gasteiger partial charge < -0.3 is 24.4 Å². The molecule has 0 radical (unpaired) electrons. The Morgan fingerprint density at radius 1 is 1.38 bits per heavy atom. The predicted molar refractivity (Wildman–Crippen MR) is 82.4 cm³/mol. The first-order chi connectivity index (χ1) is 11.4. The summed E-state index contributed by atoms with van der Waals surface area (Å²) >= 11 is 0. The Bertz CT molecular complexity index is 764. The number of ether oxygens (including phenoxy) is 3. The van der Waals surface area contributed by atoms with Crippen molar-refractivity contribution in [1.82, 2.24) is 0 Å². The minimum Gasteiger partial charge on any atom is -0.507 e. The van der Waals surface area contributed by atoms with E-state index in [2.05, 4.69) is 0 Å². The van der Waals surface area contributed by atoms with E-state index in [4.69, 9.17) is 14.2 Å². The molecule has 0 aromatic heterocycles. The molecule has 0 unspecified atom stereocenters. The zero-order chi connectivity index (χ0) is 17.6. The topological polar surface area (TPSA) is 102 Å². The van der Waals surface area contributed by atoms with Crippen molar-refractivity contribution in [2.75, 3.05) is 14.2 Å². The van der Waals surface area contributed by atoms with Gasteiger partial charge in [-0.25, -0.2) is 4.79 Å². The third-order valence-electron chi connectivity index (χ3n) is 4.41. The molecule has 128 valence electrons. The molecule has 2 aliphatic rings. The summed E-state index contributed by atoms with van der Waals surface area (Å²) in [5, 5.41) is 20.8. The summed E-state index contributed by atoms with van der Waals surface area (Å²) in [5.74, 6) is -1.26. The number of methoxy groups -OCH3 is 2. The fraction of sp³-hybridized carbons (Fsp3) is 0.412. The number of ketones is 1. The van der Waals surface area contributed by atoms with Gasteiger partial charge in [0.1, 0.15) is 28.9 Å². The second-order valence-corrected chi connectivity index (χ2v) is 5.87. The number of aliphatic hydroxyl groups excluding tert-OH is 1. The van der Waals surface area contributed by atoms with Gasteiger partial charge in [-0.15, -0.1) is 0 Å². The van der Waals surface area contributed by atoms with Crippen molar-refractivity contribution in [2.45, 2.75) is 31.5 Å². The highest BCUT2D eigenvalue weighted by atomic mass is 16.6. The standard InChI is InChI=1S/C17H18O7/c1-8-6-10(19)13-11(7-8)24-17(16(21)23-3)12(20)5-4-9(18)14(17)15(13)22-2/h6-7,12,19-20H,4-5H2,1-3H3/t12-,17+/m1/s1. The van der Waals surface area contributed by atoms with Gasteiger partial charge in [-0.2, -0.15) is 0 Å². The Kier molecular flexibility index (Phi) is 3.76. The first-order valence-corrected chi connectivity index (χ1v) is 7.48. The number of aliphatic hydroxyl groups is 1. The largest absolute Gasteiger partial charge is 0.507 e. The molecule has 1 fully saturated rings. The molecule has 0 spiro atoms. The fourth-order valence-corrected chi connectivity index (χ4v) is 3.36. The number of carbonyl (C=O) groups is 2. The quantitative estimate of drug-likeness (QED) is 0.780. The smallest absolute Gasteiger partial charge is 0.358 e. The molecule has 3 rings (SSSR count). The number of rotatable bonds is 2. The minimum absolute atomic E-state index is 0.0166. The van der Waals surface area contributed by atoms with Crippen molar-refractivity contribution in [2.24, 2.45) is 0 Å². The average molecular weight is 334 g/mol. The van der Waals surface area contributed by atoms with Gasteiger partial charge in [-0.1, -0.05) is 0 Å². The molecule has 2 atom stereocenters.